The van der Waals surface area contributed by atoms with E-state index in [0.717, 1.165) is 0 Å². The van der Waals surface area contributed by atoms with Gasteiger partial charge >= 0.3 is 0 Å². The Bertz CT molecular complexity index is 4430. The molecule has 11 aromatic carbocycles. The van der Waals surface area contributed by atoms with E-state index < -0.39 is 0 Å². The molecule has 4 heterocycles. The summed E-state index contributed by atoms with van der Waals surface area (Å²) in [6, 6.07) is 82.6. The minimum Gasteiger partial charge on any atom is -0.308 e. The molecule has 68 heavy (non-hydrogen) atoms. The zero-order valence-corrected chi connectivity index (χ0v) is 36.7. The summed E-state index contributed by atoms with van der Waals surface area (Å²) in [6.45, 7) is 0. The highest BCUT2D eigenvalue weighted by molar-refractivity contribution is 6.45. The van der Waals surface area contributed by atoms with Gasteiger partial charge in [-0.2, -0.15) is 0 Å². The summed E-state index contributed by atoms with van der Waals surface area (Å²) in [5.74, 6) is 0. The first-order valence-electron chi connectivity index (χ1n) is 23.8. The molecule has 0 N–H and O–H groups in total. The third-order valence-electron chi connectivity index (χ3n) is 15.9. The van der Waals surface area contributed by atoms with Gasteiger partial charge < -0.3 is 8.80 Å². The molecule has 310 valence electrons. The van der Waals surface area contributed by atoms with E-state index >= 15 is 0 Å². The number of aromatic nitrogens is 2. The minimum atomic E-state index is 1.24. The molecule has 0 radical (unpaired) electrons. The fraction of sp³-hybridized carbons (Fsp3) is 0. The largest absolute Gasteiger partial charge is 0.308 e. The molecule has 0 spiro atoms. The third-order valence-corrected chi connectivity index (χ3v) is 15.9. The molecule has 2 heteroatoms. The molecule has 15 aromatic rings. The molecular formula is C66H36N2. The van der Waals surface area contributed by atoms with E-state index in [9.17, 15) is 0 Å². The van der Waals surface area contributed by atoms with Gasteiger partial charge in [0.25, 0.3) is 0 Å². The van der Waals surface area contributed by atoms with Crippen molar-refractivity contribution in [2.75, 3.05) is 0 Å². The number of para-hydroxylation sites is 2. The Kier molecular flexibility index (Phi) is 6.47. The van der Waals surface area contributed by atoms with E-state index in [4.69, 9.17) is 0 Å². The maximum Gasteiger partial charge on any atom is 0.0634 e. The number of nitrogens with zero attached hydrogens (tertiary/aromatic N) is 2. The van der Waals surface area contributed by atoms with E-state index in [-0.39, 0.29) is 0 Å². The smallest absolute Gasteiger partial charge is 0.0634 e. The quantitative estimate of drug-likeness (QED) is 0.144. The predicted octanol–water partition coefficient (Wildman–Crippen LogP) is 17.9. The van der Waals surface area contributed by atoms with Gasteiger partial charge in [-0.15, -0.1) is 0 Å². The van der Waals surface area contributed by atoms with Crippen molar-refractivity contribution in [2.24, 2.45) is 0 Å². The first-order chi connectivity index (χ1) is 33.8. The van der Waals surface area contributed by atoms with Crippen molar-refractivity contribution in [2.45, 2.75) is 0 Å². The average molecular weight is 857 g/mol. The number of benzene rings is 11. The van der Waals surface area contributed by atoms with Crippen LogP contribution in [0.3, 0.4) is 0 Å². The first kappa shape index (κ1) is 35.3. The topological polar surface area (TPSA) is 8.82 Å². The Hall–Kier alpha value is -8.98. The molecule has 0 amide bonds. The van der Waals surface area contributed by atoms with Crippen LogP contribution in [0, 0.1) is 0 Å². The maximum absolute atomic E-state index is 2.62. The molecule has 0 saturated heterocycles. The SMILES string of the molecule is c1ccc2c(c1)-c1ccccc1-c1cc3c4c5c6cc7c(cc6n6c8ccccc8c(c8c9ccccc9n(c3cc1-c1ccccc1-2)c84)c56)-c1ccccc1-c1ccccc1-c1ccccc1-7. The van der Waals surface area contributed by atoms with Crippen LogP contribution in [-0.2, 0) is 0 Å². The van der Waals surface area contributed by atoms with Crippen molar-refractivity contribution in [3.8, 4) is 89.0 Å². The number of hydrogen-bond acceptors (Lipinski definition) is 0. The normalized spacial score (nSPS) is 12.7. The van der Waals surface area contributed by atoms with Crippen molar-refractivity contribution in [3.63, 3.8) is 0 Å². The number of hydrogen-bond donors (Lipinski definition) is 0. The molecule has 17 rings (SSSR count). The highest BCUT2D eigenvalue weighted by Crippen LogP contribution is 2.57. The predicted molar refractivity (Wildman–Crippen MR) is 286 cm³/mol. The van der Waals surface area contributed by atoms with Gasteiger partial charge in [0.05, 0.1) is 33.1 Å². The van der Waals surface area contributed by atoms with Crippen molar-refractivity contribution in [1.29, 1.82) is 0 Å². The molecule has 0 saturated carbocycles. The van der Waals surface area contributed by atoms with Crippen molar-refractivity contribution in [3.05, 3.63) is 218 Å². The van der Waals surface area contributed by atoms with Gasteiger partial charge in [0.2, 0.25) is 0 Å². The van der Waals surface area contributed by atoms with Gasteiger partial charge in [0.1, 0.15) is 0 Å². The molecule has 0 unspecified atom stereocenters. The van der Waals surface area contributed by atoms with Crippen LogP contribution in [0.2, 0.25) is 0 Å². The molecule has 2 aliphatic carbocycles. The Balaban J connectivity index is 1.12. The summed E-state index contributed by atoms with van der Waals surface area (Å²) < 4.78 is 5.24. The van der Waals surface area contributed by atoms with E-state index in [2.05, 4.69) is 227 Å². The Morgan fingerprint density at radius 2 is 0.397 bits per heavy atom. The molecular weight excluding hydrogens is 821 g/mol. The summed E-state index contributed by atoms with van der Waals surface area (Å²) in [6.07, 6.45) is 0. The van der Waals surface area contributed by atoms with Gasteiger partial charge in [0, 0.05) is 43.1 Å². The lowest BCUT2D eigenvalue weighted by Gasteiger charge is -2.23. The third kappa shape index (κ3) is 4.18. The van der Waals surface area contributed by atoms with Gasteiger partial charge in [-0.1, -0.05) is 182 Å². The number of rotatable bonds is 0. The lowest BCUT2D eigenvalue weighted by Crippen LogP contribution is -1.97. The van der Waals surface area contributed by atoms with Gasteiger partial charge in [-0.05, 0) is 125 Å². The van der Waals surface area contributed by atoms with Crippen LogP contribution in [-0.4, -0.2) is 8.80 Å². The highest BCUT2D eigenvalue weighted by Gasteiger charge is 2.32. The fourth-order valence-corrected chi connectivity index (χ4v) is 13.3. The van der Waals surface area contributed by atoms with Crippen LogP contribution in [0.4, 0.5) is 0 Å². The van der Waals surface area contributed by atoms with Gasteiger partial charge in [-0.25, -0.2) is 0 Å². The standard InChI is InChI=1S/C66H36N2/c1-3-19-39-37(17-1)41-21-5-9-25-45(41)51-33-55-59(35-53(51)47-27-11-7-23-43(39)47)67-57-31-15-13-29-49(57)61-62-50-30-14-16-32-58(50)68-60-36-54-48-28-12-8-24-44(48)40-20-4-2-18-38(40)42-22-6-10-26-46(42)52(54)34-56(60)64(66(62)68)63(55)65(61)67/h1-36H. The fourth-order valence-electron chi connectivity index (χ4n) is 13.3. The second-order valence-corrected chi connectivity index (χ2v) is 19.0. The van der Waals surface area contributed by atoms with Crippen LogP contribution >= 0.6 is 0 Å². The zero-order chi connectivity index (χ0) is 43.9. The minimum absolute atomic E-state index is 1.24. The summed E-state index contributed by atoms with van der Waals surface area (Å²) in [4.78, 5) is 0. The van der Waals surface area contributed by atoms with Crippen LogP contribution < -0.4 is 0 Å². The van der Waals surface area contributed by atoms with Crippen LogP contribution in [0.1, 0.15) is 0 Å². The zero-order valence-electron chi connectivity index (χ0n) is 36.7. The van der Waals surface area contributed by atoms with E-state index in [1.54, 1.807) is 0 Å². The van der Waals surface area contributed by atoms with Crippen LogP contribution in [0.25, 0.3) is 165 Å². The van der Waals surface area contributed by atoms with Crippen molar-refractivity contribution >= 4 is 76.2 Å². The summed E-state index contributed by atoms with van der Waals surface area (Å²) in [5.41, 5.74) is 27.7. The Morgan fingerprint density at radius 3 is 0.691 bits per heavy atom. The molecule has 2 nitrogen and oxygen atoms in total. The lowest BCUT2D eigenvalue weighted by molar-refractivity contribution is 1.37. The Morgan fingerprint density at radius 1 is 0.176 bits per heavy atom. The maximum atomic E-state index is 2.62. The summed E-state index contributed by atoms with van der Waals surface area (Å²) in [5, 5.41) is 10.5. The molecule has 0 fully saturated rings. The molecule has 0 bridgehead atoms. The van der Waals surface area contributed by atoms with Gasteiger partial charge in [0.15, 0.2) is 0 Å². The lowest BCUT2D eigenvalue weighted by atomic mass is 9.80. The van der Waals surface area contributed by atoms with Crippen LogP contribution in [0.5, 0.6) is 0 Å². The second kappa shape index (κ2) is 12.5. The highest BCUT2D eigenvalue weighted by atomic mass is 14.9. The van der Waals surface area contributed by atoms with Crippen LogP contribution in [0.15, 0.2) is 218 Å². The first-order valence-corrected chi connectivity index (χ1v) is 23.8. The van der Waals surface area contributed by atoms with E-state index in [0.29, 0.717) is 0 Å². The van der Waals surface area contributed by atoms with E-state index in [1.807, 2.05) is 0 Å². The molecule has 0 aliphatic heterocycles. The number of fused-ring (bicyclic) bond motifs is 30. The Labute approximate surface area is 390 Å². The monoisotopic (exact) mass is 856 g/mol. The van der Waals surface area contributed by atoms with Crippen molar-refractivity contribution in [1.82, 2.24) is 8.80 Å². The summed E-state index contributed by atoms with van der Waals surface area (Å²) >= 11 is 0. The molecule has 0 atom stereocenters. The van der Waals surface area contributed by atoms with Gasteiger partial charge in [-0.3, -0.25) is 0 Å². The second-order valence-electron chi connectivity index (χ2n) is 19.0. The average Bonchev–Trinajstić information content (AvgIpc) is 4.13. The van der Waals surface area contributed by atoms with Crippen molar-refractivity contribution < 1.29 is 0 Å². The summed E-state index contributed by atoms with van der Waals surface area (Å²) in [7, 11) is 0. The van der Waals surface area contributed by atoms with E-state index in [1.165, 1.54) is 165 Å². The molecule has 4 aromatic heterocycles. The molecule has 2 aliphatic rings.